The van der Waals surface area contributed by atoms with Crippen LogP contribution in [0.5, 0.6) is 0 Å². The first-order chi connectivity index (χ1) is 15.3. The van der Waals surface area contributed by atoms with Crippen molar-refractivity contribution in [1.29, 1.82) is 0 Å². The molecule has 0 radical (unpaired) electrons. The van der Waals surface area contributed by atoms with Crippen molar-refractivity contribution in [2.24, 2.45) is 10.8 Å². The summed E-state index contributed by atoms with van der Waals surface area (Å²) in [5.74, 6) is 0. The molecule has 0 aliphatic carbocycles. The van der Waals surface area contributed by atoms with Crippen LogP contribution < -0.4 is 0 Å². The first kappa shape index (κ1) is 27.2. The van der Waals surface area contributed by atoms with Crippen LogP contribution in [0.15, 0.2) is 61.2 Å². The molecule has 0 unspecified atom stereocenters. The smallest absolute Gasteiger partial charge is 0.0152 e. The highest BCUT2D eigenvalue weighted by atomic mass is 14.2. The third kappa shape index (κ3) is 10.2. The monoisotopic (exact) mass is 444 g/mol. The average molecular weight is 445 g/mol. The highest BCUT2D eigenvalue weighted by Crippen LogP contribution is 2.29. The van der Waals surface area contributed by atoms with E-state index in [1.807, 2.05) is 0 Å². The minimum Gasteiger partial charge on any atom is -0.0998 e. The van der Waals surface area contributed by atoms with Gasteiger partial charge < -0.3 is 0 Å². The number of benzene rings is 2. The van der Waals surface area contributed by atoms with Gasteiger partial charge in [-0.25, -0.2) is 0 Å². The molecule has 0 spiro atoms. The van der Waals surface area contributed by atoms with E-state index >= 15 is 0 Å². The van der Waals surface area contributed by atoms with Crippen molar-refractivity contribution in [3.8, 4) is 0 Å². The molecule has 0 aliphatic heterocycles. The fourth-order valence-electron chi connectivity index (χ4n) is 4.54. The molecule has 0 saturated carbocycles. The van der Waals surface area contributed by atoms with E-state index in [-0.39, 0.29) is 0 Å². The molecule has 33 heavy (non-hydrogen) atoms. The Morgan fingerprint density at radius 2 is 1.45 bits per heavy atom. The van der Waals surface area contributed by atoms with Crippen LogP contribution in [0.1, 0.15) is 108 Å². The number of allylic oxidation sites excluding steroid dienone is 1. The Labute approximate surface area is 205 Å². The summed E-state index contributed by atoms with van der Waals surface area (Å²) in [4.78, 5) is 0. The second-order valence-corrected chi connectivity index (χ2v) is 12.4. The first-order valence-electron chi connectivity index (χ1n) is 12.9. The number of rotatable bonds is 11. The van der Waals surface area contributed by atoms with Gasteiger partial charge in [-0.1, -0.05) is 116 Å². The van der Waals surface area contributed by atoms with Gasteiger partial charge in [0.2, 0.25) is 0 Å². The zero-order chi connectivity index (χ0) is 24.6. The Kier molecular flexibility index (Phi) is 9.77. The van der Waals surface area contributed by atoms with Gasteiger partial charge in [-0.3, -0.25) is 0 Å². The maximum Gasteiger partial charge on any atom is -0.0152 e. The van der Waals surface area contributed by atoms with Crippen LogP contribution in [0.25, 0.3) is 5.57 Å². The zero-order valence-corrected chi connectivity index (χ0v) is 22.6. The Balaban J connectivity index is 2.01. The molecule has 2 aromatic carbocycles. The minimum absolute atomic E-state index is 0.308. The van der Waals surface area contributed by atoms with Crippen LogP contribution in [-0.2, 0) is 12.8 Å². The van der Waals surface area contributed by atoms with Gasteiger partial charge in [-0.2, -0.15) is 0 Å². The largest absolute Gasteiger partial charge is 0.0998 e. The highest BCUT2D eigenvalue weighted by Gasteiger charge is 2.13. The Bertz CT molecular complexity index is 927. The Hall–Kier alpha value is -2.08. The molecule has 0 heteroatoms. The fraction of sp³-hybridized carbons (Fsp3) is 0.515. The van der Waals surface area contributed by atoms with Crippen molar-refractivity contribution in [1.82, 2.24) is 0 Å². The topological polar surface area (TPSA) is 0 Å². The van der Waals surface area contributed by atoms with E-state index in [9.17, 15) is 0 Å². The lowest BCUT2D eigenvalue weighted by Gasteiger charge is -2.19. The second kappa shape index (κ2) is 11.9. The highest BCUT2D eigenvalue weighted by molar-refractivity contribution is 5.80. The lowest BCUT2D eigenvalue weighted by Crippen LogP contribution is -2.06. The van der Waals surface area contributed by atoms with Crippen LogP contribution in [-0.4, -0.2) is 0 Å². The molecule has 0 aromatic heterocycles. The van der Waals surface area contributed by atoms with Gasteiger partial charge in [-0.05, 0) is 89.7 Å². The van der Waals surface area contributed by atoms with Crippen molar-refractivity contribution in [2.75, 3.05) is 0 Å². The summed E-state index contributed by atoms with van der Waals surface area (Å²) in [5.41, 5.74) is 9.87. The van der Waals surface area contributed by atoms with E-state index in [1.54, 1.807) is 0 Å². The quantitative estimate of drug-likeness (QED) is 0.239. The molecule has 0 N–H and O–H groups in total. The zero-order valence-electron chi connectivity index (χ0n) is 22.6. The molecule has 0 heterocycles. The molecule has 2 rings (SSSR count). The van der Waals surface area contributed by atoms with Gasteiger partial charge in [0.25, 0.3) is 0 Å². The molecular formula is C33H48. The number of hydrogen-bond acceptors (Lipinski definition) is 0. The molecule has 0 nitrogen and oxygen atoms in total. The van der Waals surface area contributed by atoms with Crippen LogP contribution in [0.2, 0.25) is 0 Å². The van der Waals surface area contributed by atoms with Crippen molar-refractivity contribution in [3.63, 3.8) is 0 Å². The Morgan fingerprint density at radius 1 is 0.758 bits per heavy atom. The van der Waals surface area contributed by atoms with Crippen LogP contribution in [0, 0.1) is 17.8 Å². The lowest BCUT2D eigenvalue weighted by atomic mass is 9.86. The first-order valence-corrected chi connectivity index (χ1v) is 12.9. The predicted molar refractivity (Wildman–Crippen MR) is 149 cm³/mol. The van der Waals surface area contributed by atoms with Gasteiger partial charge in [0.15, 0.2) is 0 Å². The number of hydrogen-bond donors (Lipinski definition) is 0. The lowest BCUT2D eigenvalue weighted by molar-refractivity contribution is 0.358. The maximum absolute atomic E-state index is 4.50. The normalized spacial score (nSPS) is 12.1. The summed E-state index contributed by atoms with van der Waals surface area (Å²) in [5, 5.41) is 0. The van der Waals surface area contributed by atoms with Gasteiger partial charge in [0.1, 0.15) is 0 Å². The average Bonchev–Trinajstić information content (AvgIpc) is 2.71. The van der Waals surface area contributed by atoms with Crippen LogP contribution in [0.4, 0.5) is 0 Å². The molecule has 2 aromatic rings. The van der Waals surface area contributed by atoms with Crippen LogP contribution >= 0.6 is 0 Å². The molecule has 180 valence electrons. The summed E-state index contributed by atoms with van der Waals surface area (Å²) in [6, 6.07) is 15.9. The molecule has 0 atom stereocenters. The molecule has 0 fully saturated rings. The van der Waals surface area contributed by atoms with E-state index in [2.05, 4.69) is 104 Å². The third-order valence-electron chi connectivity index (χ3n) is 6.34. The van der Waals surface area contributed by atoms with E-state index in [0.29, 0.717) is 10.8 Å². The SMILES string of the molecule is C=C(CCc1cccc(C(=C)c2cc(CCCCCC(C)(C)C)ccc2C)c1)CC(C)(C)C. The summed E-state index contributed by atoms with van der Waals surface area (Å²) < 4.78 is 0. The summed E-state index contributed by atoms with van der Waals surface area (Å²) >= 11 is 0. The molecule has 0 aliphatic rings. The maximum atomic E-state index is 4.50. The van der Waals surface area contributed by atoms with E-state index < -0.39 is 0 Å². The molecule has 0 saturated heterocycles. The Morgan fingerprint density at radius 3 is 2.12 bits per heavy atom. The van der Waals surface area contributed by atoms with Gasteiger partial charge >= 0.3 is 0 Å². The minimum atomic E-state index is 0.308. The van der Waals surface area contributed by atoms with Crippen molar-refractivity contribution in [2.45, 2.75) is 99.8 Å². The third-order valence-corrected chi connectivity index (χ3v) is 6.34. The second-order valence-electron chi connectivity index (χ2n) is 12.4. The number of aryl methyl sites for hydroxylation is 3. The predicted octanol–water partition coefficient (Wildman–Crippen LogP) is 10.1. The van der Waals surface area contributed by atoms with Gasteiger partial charge in [0.05, 0.1) is 0 Å². The van der Waals surface area contributed by atoms with Crippen molar-refractivity contribution < 1.29 is 0 Å². The summed E-state index contributed by atoms with van der Waals surface area (Å²) in [7, 11) is 0. The fourth-order valence-corrected chi connectivity index (χ4v) is 4.54. The molecular weight excluding hydrogens is 396 g/mol. The van der Waals surface area contributed by atoms with E-state index in [0.717, 1.165) is 31.3 Å². The molecule has 0 amide bonds. The van der Waals surface area contributed by atoms with Gasteiger partial charge in [-0.15, -0.1) is 0 Å². The van der Waals surface area contributed by atoms with Crippen LogP contribution in [0.3, 0.4) is 0 Å². The molecule has 0 bridgehead atoms. The number of unbranched alkanes of at least 4 members (excludes halogenated alkanes) is 2. The summed E-state index contributed by atoms with van der Waals surface area (Å²) in [6.45, 7) is 24.9. The van der Waals surface area contributed by atoms with E-state index in [4.69, 9.17) is 0 Å². The van der Waals surface area contributed by atoms with Crippen molar-refractivity contribution >= 4 is 5.57 Å². The van der Waals surface area contributed by atoms with Crippen molar-refractivity contribution in [3.05, 3.63) is 89.0 Å². The summed E-state index contributed by atoms with van der Waals surface area (Å²) in [6.07, 6.45) is 9.54. The standard InChI is InChI=1S/C33H48/c1-25(24-33(7,8)9)17-19-28-15-13-16-30(22-28)27(3)31-23-29(20-18-26(31)2)14-11-10-12-21-32(4,5)6/h13,15-16,18,20,22-23H,1,3,10-12,14,17,19,21,24H2,2,4-9H3. The van der Waals surface area contributed by atoms with E-state index in [1.165, 1.54) is 59.1 Å². The van der Waals surface area contributed by atoms with Gasteiger partial charge in [0, 0.05) is 0 Å².